The van der Waals surface area contributed by atoms with Crippen molar-refractivity contribution in [2.75, 3.05) is 6.61 Å². The van der Waals surface area contributed by atoms with Crippen molar-refractivity contribution in [2.45, 2.75) is 26.7 Å². The molecule has 0 saturated heterocycles. The zero-order chi connectivity index (χ0) is 14.4. The van der Waals surface area contributed by atoms with E-state index >= 15 is 0 Å². The molecule has 5 nitrogen and oxygen atoms in total. The van der Waals surface area contributed by atoms with Crippen molar-refractivity contribution < 1.29 is 9.47 Å². The third-order valence-corrected chi connectivity index (χ3v) is 2.71. The first-order valence-electron chi connectivity index (χ1n) is 6.52. The minimum Gasteiger partial charge on any atom is -0.463 e. The quantitative estimate of drug-likeness (QED) is 0.813. The second-order valence-corrected chi connectivity index (χ2v) is 4.46. The number of rotatable bonds is 6. The fourth-order valence-corrected chi connectivity index (χ4v) is 1.66. The molecule has 0 N–H and O–H groups in total. The van der Waals surface area contributed by atoms with E-state index in [0.717, 1.165) is 12.8 Å². The smallest absolute Gasteiger partial charge is 0.329 e. The minimum absolute atomic E-state index is 0.0475. The van der Waals surface area contributed by atoms with Crippen molar-refractivity contribution in [3.8, 4) is 17.8 Å². The van der Waals surface area contributed by atoms with Crippen LogP contribution in [0.15, 0.2) is 24.3 Å². The van der Waals surface area contributed by atoms with Gasteiger partial charge in [0, 0.05) is 0 Å². The molecule has 6 heteroatoms. The maximum absolute atomic E-state index is 5.82. The van der Waals surface area contributed by atoms with Gasteiger partial charge >= 0.3 is 12.0 Å². The lowest BCUT2D eigenvalue weighted by Crippen LogP contribution is -2.03. The summed E-state index contributed by atoms with van der Waals surface area (Å²) in [5.74, 6) is 0.644. The highest BCUT2D eigenvalue weighted by Gasteiger charge is 2.08. The van der Waals surface area contributed by atoms with Crippen molar-refractivity contribution in [1.82, 2.24) is 15.0 Å². The van der Waals surface area contributed by atoms with E-state index in [4.69, 9.17) is 21.1 Å². The molecule has 1 heterocycles. The number of aryl methyl sites for hydroxylation is 1. The SMILES string of the molecule is CCCOc1nc(Cl)nc(Oc2ccc(CC)cc2)n1. The summed E-state index contributed by atoms with van der Waals surface area (Å²) in [6, 6.07) is 8.01. The second-order valence-electron chi connectivity index (χ2n) is 4.12. The van der Waals surface area contributed by atoms with E-state index in [1.54, 1.807) is 0 Å². The Bertz CT molecular complexity index is 561. The van der Waals surface area contributed by atoms with Gasteiger partial charge in [-0.05, 0) is 42.1 Å². The summed E-state index contributed by atoms with van der Waals surface area (Å²) < 4.78 is 10.9. The van der Waals surface area contributed by atoms with Gasteiger partial charge in [0.05, 0.1) is 6.61 Å². The van der Waals surface area contributed by atoms with E-state index < -0.39 is 0 Å². The molecule has 0 aliphatic rings. The van der Waals surface area contributed by atoms with E-state index in [1.165, 1.54) is 5.56 Å². The third kappa shape index (κ3) is 4.06. The first-order valence-corrected chi connectivity index (χ1v) is 6.90. The lowest BCUT2D eigenvalue weighted by Gasteiger charge is -2.07. The molecule has 0 bridgehead atoms. The van der Waals surface area contributed by atoms with Crippen LogP contribution in [0.4, 0.5) is 0 Å². The van der Waals surface area contributed by atoms with Crippen molar-refractivity contribution in [3.63, 3.8) is 0 Å². The monoisotopic (exact) mass is 293 g/mol. The highest BCUT2D eigenvalue weighted by Crippen LogP contribution is 2.21. The number of halogens is 1. The van der Waals surface area contributed by atoms with Crippen molar-refractivity contribution >= 4 is 11.6 Å². The van der Waals surface area contributed by atoms with Crippen molar-refractivity contribution in [1.29, 1.82) is 0 Å². The summed E-state index contributed by atoms with van der Waals surface area (Å²) in [5.41, 5.74) is 1.23. The Balaban J connectivity index is 2.12. The fraction of sp³-hybridized carbons (Fsp3) is 0.357. The topological polar surface area (TPSA) is 57.1 Å². The number of benzene rings is 1. The molecule has 0 atom stereocenters. The average molecular weight is 294 g/mol. The fourth-order valence-electron chi connectivity index (χ4n) is 1.52. The molecule has 0 amide bonds. The number of hydrogen-bond donors (Lipinski definition) is 0. The highest BCUT2D eigenvalue weighted by molar-refractivity contribution is 6.28. The number of aromatic nitrogens is 3. The van der Waals surface area contributed by atoms with Gasteiger partial charge in [-0.3, -0.25) is 0 Å². The predicted molar refractivity (Wildman–Crippen MR) is 76.5 cm³/mol. The zero-order valence-corrected chi connectivity index (χ0v) is 12.2. The van der Waals surface area contributed by atoms with Crippen LogP contribution < -0.4 is 9.47 Å². The van der Waals surface area contributed by atoms with Gasteiger partial charge in [-0.25, -0.2) is 0 Å². The molecule has 0 aliphatic carbocycles. The van der Waals surface area contributed by atoms with E-state index in [-0.39, 0.29) is 17.3 Å². The third-order valence-electron chi connectivity index (χ3n) is 2.54. The molecule has 0 spiro atoms. The molecule has 2 aromatic rings. The van der Waals surface area contributed by atoms with Crippen LogP contribution in [0, 0.1) is 0 Å². The first kappa shape index (κ1) is 14.5. The van der Waals surface area contributed by atoms with Crippen LogP contribution in [-0.2, 0) is 6.42 Å². The van der Waals surface area contributed by atoms with Crippen LogP contribution >= 0.6 is 11.6 Å². The molecule has 0 aliphatic heterocycles. The van der Waals surface area contributed by atoms with Gasteiger partial charge in [0.15, 0.2) is 0 Å². The predicted octanol–water partition coefficient (Wildman–Crippen LogP) is 3.67. The summed E-state index contributed by atoms with van der Waals surface area (Å²) in [5, 5.41) is 0.0475. The Hall–Kier alpha value is -1.88. The van der Waals surface area contributed by atoms with Gasteiger partial charge in [-0.1, -0.05) is 26.0 Å². The number of ether oxygens (including phenoxy) is 2. The van der Waals surface area contributed by atoms with E-state index in [2.05, 4.69) is 21.9 Å². The van der Waals surface area contributed by atoms with Gasteiger partial charge < -0.3 is 9.47 Å². The molecule has 106 valence electrons. The standard InChI is InChI=1S/C14H16ClN3O2/c1-3-9-19-13-16-12(15)17-14(18-13)20-11-7-5-10(4-2)6-8-11/h5-8H,3-4,9H2,1-2H3. The molecule has 0 radical (unpaired) electrons. The molecule has 0 fully saturated rings. The van der Waals surface area contributed by atoms with Gasteiger partial charge in [-0.15, -0.1) is 4.98 Å². The van der Waals surface area contributed by atoms with E-state index in [1.807, 2.05) is 31.2 Å². The summed E-state index contributed by atoms with van der Waals surface area (Å²) in [6.45, 7) is 4.61. The minimum atomic E-state index is 0.0475. The van der Waals surface area contributed by atoms with Crippen molar-refractivity contribution in [3.05, 3.63) is 35.1 Å². The summed E-state index contributed by atoms with van der Waals surface area (Å²) >= 11 is 5.82. The van der Waals surface area contributed by atoms with E-state index in [9.17, 15) is 0 Å². The lowest BCUT2D eigenvalue weighted by atomic mass is 10.2. The molecular weight excluding hydrogens is 278 g/mol. The Kier molecular flexibility index (Phi) is 5.12. The van der Waals surface area contributed by atoms with Crippen LogP contribution in [-0.4, -0.2) is 21.6 Å². The highest BCUT2D eigenvalue weighted by atomic mass is 35.5. The largest absolute Gasteiger partial charge is 0.463 e. The van der Waals surface area contributed by atoms with Crippen LogP contribution in [0.3, 0.4) is 0 Å². The average Bonchev–Trinajstić information content (AvgIpc) is 2.45. The molecule has 1 aromatic carbocycles. The van der Waals surface area contributed by atoms with Crippen LogP contribution in [0.5, 0.6) is 17.8 Å². The maximum atomic E-state index is 5.82. The normalized spacial score (nSPS) is 10.3. The molecule has 0 unspecified atom stereocenters. The Morgan fingerprint density at radius 3 is 2.35 bits per heavy atom. The van der Waals surface area contributed by atoms with Crippen molar-refractivity contribution in [2.24, 2.45) is 0 Å². The second kappa shape index (κ2) is 7.05. The first-order chi connectivity index (χ1) is 9.71. The number of nitrogens with zero attached hydrogens (tertiary/aromatic N) is 3. The van der Waals surface area contributed by atoms with Crippen LogP contribution in [0.1, 0.15) is 25.8 Å². The number of hydrogen-bond acceptors (Lipinski definition) is 5. The summed E-state index contributed by atoms with van der Waals surface area (Å²) in [6.07, 6.45) is 1.84. The Morgan fingerprint density at radius 1 is 1.00 bits per heavy atom. The molecule has 20 heavy (non-hydrogen) atoms. The van der Waals surface area contributed by atoms with E-state index in [0.29, 0.717) is 12.4 Å². The molecule has 2 rings (SSSR count). The summed E-state index contributed by atoms with van der Waals surface area (Å²) in [4.78, 5) is 11.9. The van der Waals surface area contributed by atoms with Gasteiger partial charge in [0.2, 0.25) is 5.28 Å². The van der Waals surface area contributed by atoms with Crippen LogP contribution in [0.25, 0.3) is 0 Å². The summed E-state index contributed by atoms with van der Waals surface area (Å²) in [7, 11) is 0. The zero-order valence-electron chi connectivity index (χ0n) is 11.5. The molecular formula is C14H16ClN3O2. The maximum Gasteiger partial charge on any atom is 0.329 e. The Labute approximate surface area is 123 Å². The van der Waals surface area contributed by atoms with Crippen LogP contribution in [0.2, 0.25) is 5.28 Å². The lowest BCUT2D eigenvalue weighted by molar-refractivity contribution is 0.284. The van der Waals surface area contributed by atoms with Gasteiger partial charge in [0.25, 0.3) is 0 Å². The Morgan fingerprint density at radius 2 is 1.70 bits per heavy atom. The van der Waals surface area contributed by atoms with Gasteiger partial charge in [-0.2, -0.15) is 9.97 Å². The molecule has 1 aromatic heterocycles. The molecule has 0 saturated carbocycles. The van der Waals surface area contributed by atoms with Gasteiger partial charge in [0.1, 0.15) is 5.75 Å².